The number of aromatic nitrogens is 3. The lowest BCUT2D eigenvalue weighted by atomic mass is 9.96. The molecule has 0 unspecified atom stereocenters. The molecule has 0 atom stereocenters. The van der Waals surface area contributed by atoms with Crippen molar-refractivity contribution in [3.8, 4) is 11.5 Å². The summed E-state index contributed by atoms with van der Waals surface area (Å²) < 4.78 is 1.80. The summed E-state index contributed by atoms with van der Waals surface area (Å²) in [7, 11) is 1.79. The molecular weight excluding hydrogens is 486 g/mol. The average Bonchev–Trinajstić information content (AvgIpc) is 3.52. The molecule has 10 nitrogen and oxygen atoms in total. The number of aliphatic hydroxyl groups excluding tert-OH is 1. The zero-order valence-electron chi connectivity index (χ0n) is 20.1. The van der Waals surface area contributed by atoms with Crippen LogP contribution in [0.4, 0.5) is 0 Å². The zero-order chi connectivity index (χ0) is 26.3. The van der Waals surface area contributed by atoms with Crippen LogP contribution in [-0.2, 0) is 20.2 Å². The molecule has 0 spiro atoms. The molecule has 1 aliphatic rings. The van der Waals surface area contributed by atoms with Gasteiger partial charge in [-0.25, -0.2) is 10.4 Å². The summed E-state index contributed by atoms with van der Waals surface area (Å²) in [5, 5.41) is 34.0. The first-order chi connectivity index (χ1) is 18.4. The molecule has 0 bridgehead atoms. The fourth-order valence-corrected chi connectivity index (χ4v) is 5.71. The molecule has 0 radical (unpaired) electrons. The fourth-order valence-electron chi connectivity index (χ4n) is 5.71. The van der Waals surface area contributed by atoms with E-state index in [1.165, 1.54) is 0 Å². The second-order valence-corrected chi connectivity index (χ2v) is 9.37. The number of aliphatic hydroxyl groups is 1. The average molecular weight is 508 g/mol. The minimum absolute atomic E-state index is 0.0198. The third kappa shape index (κ3) is 2.81. The Morgan fingerprint density at radius 3 is 2.37 bits per heavy atom. The molecule has 6 aromatic rings. The fraction of sp³-hybridized carbons (Fsp3) is 0.107. The molecule has 3 aromatic heterocycles. The lowest BCUT2D eigenvalue weighted by Crippen LogP contribution is -2.41. The maximum atomic E-state index is 13.9. The van der Waals surface area contributed by atoms with Crippen LogP contribution < -0.4 is 5.43 Å². The first-order valence-electron chi connectivity index (χ1n) is 12.0. The zero-order valence-corrected chi connectivity index (χ0v) is 20.1. The molecule has 0 saturated heterocycles. The number of amides is 2. The van der Waals surface area contributed by atoms with Crippen molar-refractivity contribution in [3.05, 3.63) is 77.1 Å². The normalized spacial score (nSPS) is 13.6. The third-order valence-electron chi connectivity index (χ3n) is 7.31. The van der Waals surface area contributed by atoms with Gasteiger partial charge in [-0.15, -0.1) is 0 Å². The summed E-state index contributed by atoms with van der Waals surface area (Å²) in [6.45, 7) is -0.0730. The minimum atomic E-state index is -0.519. The second-order valence-electron chi connectivity index (χ2n) is 9.37. The summed E-state index contributed by atoms with van der Waals surface area (Å²) in [4.78, 5) is 35.2. The molecule has 2 amide bonds. The van der Waals surface area contributed by atoms with Crippen LogP contribution in [0.25, 0.3) is 43.6 Å². The molecule has 0 saturated carbocycles. The Morgan fingerprint density at radius 1 is 0.895 bits per heavy atom. The highest BCUT2D eigenvalue weighted by Gasteiger charge is 2.41. The number of nitrogens with zero attached hydrogens (tertiary/aromatic N) is 3. The van der Waals surface area contributed by atoms with Gasteiger partial charge in [0.2, 0.25) is 0 Å². The Morgan fingerprint density at radius 2 is 1.61 bits per heavy atom. The van der Waals surface area contributed by atoms with E-state index >= 15 is 0 Å². The molecule has 5 N–H and O–H groups in total. The quantitative estimate of drug-likeness (QED) is 0.230. The van der Waals surface area contributed by atoms with Crippen LogP contribution >= 0.6 is 0 Å². The van der Waals surface area contributed by atoms with Crippen LogP contribution in [0.15, 0.2) is 54.7 Å². The highest BCUT2D eigenvalue weighted by atomic mass is 16.3. The number of benzene rings is 3. The standard InChI is InChI=1S/C28H21N5O5/c1-32-25-16(5-3-7-18(25)36)20-22-21(19-15-4-2-6-17(35)23(15)31-24(19)26(20)32)27(37)33(28(22)38)30-11-13-8-9-29-14(10-13)12-34/h2-10,30-31,34-36H,11-12H2,1H3. The van der Waals surface area contributed by atoms with Crippen LogP contribution in [0.1, 0.15) is 32.0 Å². The van der Waals surface area contributed by atoms with Crippen molar-refractivity contribution in [2.24, 2.45) is 7.05 Å². The number of phenols is 2. The highest BCUT2D eigenvalue weighted by molar-refractivity contribution is 6.39. The Balaban J connectivity index is 1.52. The minimum Gasteiger partial charge on any atom is -0.506 e. The van der Waals surface area contributed by atoms with Crippen LogP contribution in [0.2, 0.25) is 0 Å². The van der Waals surface area contributed by atoms with Crippen LogP contribution in [0.5, 0.6) is 11.5 Å². The number of nitrogens with one attached hydrogen (secondary N) is 2. The number of pyridine rings is 1. The van der Waals surface area contributed by atoms with Gasteiger partial charge in [0, 0.05) is 41.3 Å². The van der Waals surface area contributed by atoms with E-state index in [4.69, 9.17) is 0 Å². The Hall–Kier alpha value is -4.93. The van der Waals surface area contributed by atoms with E-state index in [1.54, 1.807) is 60.3 Å². The van der Waals surface area contributed by atoms with Crippen molar-refractivity contribution < 1.29 is 24.9 Å². The summed E-state index contributed by atoms with van der Waals surface area (Å²) in [6.07, 6.45) is 1.55. The monoisotopic (exact) mass is 507 g/mol. The number of hydrogen-bond donors (Lipinski definition) is 5. The van der Waals surface area contributed by atoms with Crippen molar-refractivity contribution in [1.29, 1.82) is 0 Å². The van der Waals surface area contributed by atoms with E-state index in [0.29, 0.717) is 49.3 Å². The van der Waals surface area contributed by atoms with Crippen molar-refractivity contribution in [2.45, 2.75) is 13.2 Å². The van der Waals surface area contributed by atoms with E-state index in [9.17, 15) is 24.9 Å². The van der Waals surface area contributed by atoms with Crippen LogP contribution in [-0.4, -0.2) is 46.7 Å². The predicted molar refractivity (Wildman–Crippen MR) is 141 cm³/mol. The number of hydrazine groups is 1. The summed E-state index contributed by atoms with van der Waals surface area (Å²) in [5.74, 6) is -0.967. The number of carbonyl (C=O) groups is 2. The number of H-pyrrole nitrogens is 1. The number of para-hydroxylation sites is 2. The molecule has 4 heterocycles. The summed E-state index contributed by atoms with van der Waals surface area (Å²) in [6, 6.07) is 13.5. The van der Waals surface area contributed by atoms with Gasteiger partial charge in [0.25, 0.3) is 11.8 Å². The smallest absolute Gasteiger partial charge is 0.276 e. The molecule has 3 aromatic carbocycles. The molecule has 188 valence electrons. The molecule has 0 fully saturated rings. The maximum absolute atomic E-state index is 13.9. The first kappa shape index (κ1) is 22.3. The van der Waals surface area contributed by atoms with Gasteiger partial charge in [-0.3, -0.25) is 14.6 Å². The summed E-state index contributed by atoms with van der Waals surface area (Å²) >= 11 is 0. The number of aromatic amines is 1. The summed E-state index contributed by atoms with van der Waals surface area (Å²) in [5.41, 5.74) is 6.82. The number of hydrogen-bond acceptors (Lipinski definition) is 7. The lowest BCUT2D eigenvalue weighted by Gasteiger charge is -2.15. The number of phenolic OH excluding ortho intramolecular Hbond substituents is 2. The van der Waals surface area contributed by atoms with Crippen LogP contribution in [0, 0.1) is 0 Å². The highest BCUT2D eigenvalue weighted by Crippen LogP contribution is 2.46. The number of imide groups is 1. The van der Waals surface area contributed by atoms with Crippen molar-refractivity contribution in [3.63, 3.8) is 0 Å². The molecule has 10 heteroatoms. The molecule has 1 aliphatic heterocycles. The van der Waals surface area contributed by atoms with Gasteiger partial charge in [-0.2, -0.15) is 0 Å². The predicted octanol–water partition coefficient (Wildman–Crippen LogP) is 3.57. The first-order valence-corrected chi connectivity index (χ1v) is 12.0. The topological polar surface area (TPSA) is 144 Å². The largest absolute Gasteiger partial charge is 0.506 e. The van der Waals surface area contributed by atoms with Gasteiger partial charge < -0.3 is 24.9 Å². The van der Waals surface area contributed by atoms with E-state index in [0.717, 1.165) is 10.6 Å². The van der Waals surface area contributed by atoms with Crippen molar-refractivity contribution in [1.82, 2.24) is 25.0 Å². The molecule has 38 heavy (non-hydrogen) atoms. The SMILES string of the molecule is Cn1c2c(O)cccc2c2c3c(c4c5cccc(O)c5[nH]c4c21)C(=O)N(NCc1ccnc(CO)c1)C3=O. The van der Waals surface area contributed by atoms with Gasteiger partial charge in [0.1, 0.15) is 11.5 Å². The number of carbonyl (C=O) groups excluding carboxylic acids is 2. The van der Waals surface area contributed by atoms with Gasteiger partial charge in [0.15, 0.2) is 0 Å². The van der Waals surface area contributed by atoms with E-state index < -0.39 is 11.8 Å². The number of aromatic hydroxyl groups is 2. The van der Waals surface area contributed by atoms with Crippen LogP contribution in [0.3, 0.4) is 0 Å². The van der Waals surface area contributed by atoms with Gasteiger partial charge >= 0.3 is 0 Å². The molecule has 7 rings (SSSR count). The number of fused-ring (bicyclic) bond motifs is 10. The van der Waals surface area contributed by atoms with E-state index in [-0.39, 0.29) is 35.8 Å². The van der Waals surface area contributed by atoms with Gasteiger partial charge in [-0.05, 0) is 29.8 Å². The van der Waals surface area contributed by atoms with E-state index in [2.05, 4.69) is 15.4 Å². The maximum Gasteiger partial charge on any atom is 0.276 e. The van der Waals surface area contributed by atoms with Gasteiger partial charge in [-0.1, -0.05) is 24.3 Å². The number of rotatable bonds is 4. The number of aryl methyl sites for hydroxylation is 1. The Labute approximate surface area is 214 Å². The molecular formula is C28H21N5O5. The van der Waals surface area contributed by atoms with Gasteiger partial charge in [0.05, 0.1) is 45.5 Å². The van der Waals surface area contributed by atoms with Crippen molar-refractivity contribution >= 4 is 55.4 Å². The third-order valence-corrected chi connectivity index (χ3v) is 7.31. The van der Waals surface area contributed by atoms with E-state index in [1.807, 2.05) is 6.07 Å². The second kappa shape index (κ2) is 7.78. The van der Waals surface area contributed by atoms with Crippen molar-refractivity contribution in [2.75, 3.05) is 0 Å². The Bertz CT molecular complexity index is 2000. The lowest BCUT2D eigenvalue weighted by molar-refractivity contribution is 0.0563. The Kier molecular flexibility index (Phi) is 4.56. The molecule has 0 aliphatic carbocycles.